The standard InChI is InChI=1S/C26H25N5O4S/c1-15-10-11-18(16(2)13-15)31(26(34)23-20(27)21(24(28)32)30-36-23)22(19-9-6-12-35-19)25(33)29-14-17-7-4-3-5-8-17/h3-13,22H,14,27H2,1-2H3,(H2,28,32)(H,29,33)/t22-/m1/s1. The summed E-state index contributed by atoms with van der Waals surface area (Å²) in [6.07, 6.45) is 1.43. The molecule has 2 aromatic carbocycles. The van der Waals surface area contributed by atoms with Crippen molar-refractivity contribution in [3.63, 3.8) is 0 Å². The number of hydrogen-bond acceptors (Lipinski definition) is 7. The van der Waals surface area contributed by atoms with Gasteiger partial charge < -0.3 is 21.2 Å². The highest BCUT2D eigenvalue weighted by molar-refractivity contribution is 7.09. The third-order valence-electron chi connectivity index (χ3n) is 5.62. The number of primary amides is 1. The first-order valence-electron chi connectivity index (χ1n) is 11.1. The quantitative estimate of drug-likeness (QED) is 0.334. The van der Waals surface area contributed by atoms with Crippen molar-refractivity contribution >= 4 is 40.6 Å². The SMILES string of the molecule is Cc1ccc(N(C(=O)c2snc(C(N)=O)c2N)[C@@H](C(=O)NCc2ccccc2)c2ccco2)c(C)c1. The number of hydrogen-bond donors (Lipinski definition) is 3. The van der Waals surface area contributed by atoms with E-state index in [4.69, 9.17) is 15.9 Å². The molecular formula is C26H25N5O4S. The molecular weight excluding hydrogens is 478 g/mol. The van der Waals surface area contributed by atoms with Crippen LogP contribution in [0.1, 0.15) is 48.7 Å². The van der Waals surface area contributed by atoms with E-state index in [9.17, 15) is 14.4 Å². The van der Waals surface area contributed by atoms with Gasteiger partial charge in [0.25, 0.3) is 17.7 Å². The van der Waals surface area contributed by atoms with Crippen molar-refractivity contribution in [1.29, 1.82) is 0 Å². The summed E-state index contributed by atoms with van der Waals surface area (Å²) in [5.74, 6) is -1.66. The third kappa shape index (κ3) is 4.98. The van der Waals surface area contributed by atoms with Crippen LogP contribution in [0.4, 0.5) is 11.4 Å². The zero-order valence-electron chi connectivity index (χ0n) is 19.7. The number of nitrogens with one attached hydrogen (secondary N) is 1. The predicted molar refractivity (Wildman–Crippen MR) is 138 cm³/mol. The molecule has 0 saturated carbocycles. The van der Waals surface area contributed by atoms with Gasteiger partial charge in [-0.15, -0.1) is 0 Å². The minimum Gasteiger partial charge on any atom is -0.467 e. The number of aryl methyl sites for hydroxylation is 2. The zero-order valence-corrected chi connectivity index (χ0v) is 20.5. The molecule has 4 rings (SSSR count). The molecule has 4 aromatic rings. The summed E-state index contributed by atoms with van der Waals surface area (Å²) in [6.45, 7) is 4.02. The number of aromatic nitrogens is 1. The number of carbonyl (C=O) groups is 3. The average molecular weight is 504 g/mol. The first-order valence-corrected chi connectivity index (χ1v) is 11.9. The number of furan rings is 1. The lowest BCUT2D eigenvalue weighted by Crippen LogP contribution is -2.44. The molecule has 0 saturated heterocycles. The highest BCUT2D eigenvalue weighted by Gasteiger charge is 2.38. The topological polar surface area (TPSA) is 145 Å². The molecule has 0 aliphatic carbocycles. The summed E-state index contributed by atoms with van der Waals surface area (Å²) < 4.78 is 9.58. The highest BCUT2D eigenvalue weighted by Crippen LogP contribution is 2.35. The van der Waals surface area contributed by atoms with Crippen LogP contribution in [0.15, 0.2) is 71.3 Å². The fraction of sp³-hybridized carbons (Fsp3) is 0.154. The Kier molecular flexibility index (Phi) is 7.16. The van der Waals surface area contributed by atoms with Crippen LogP contribution < -0.4 is 21.7 Å². The Bertz CT molecular complexity index is 1400. The van der Waals surface area contributed by atoms with Crippen molar-refractivity contribution < 1.29 is 18.8 Å². The molecule has 5 N–H and O–H groups in total. The Morgan fingerprint density at radius 3 is 2.44 bits per heavy atom. The molecule has 36 heavy (non-hydrogen) atoms. The number of nitrogens with zero attached hydrogens (tertiary/aromatic N) is 2. The highest BCUT2D eigenvalue weighted by atomic mass is 32.1. The molecule has 184 valence electrons. The first kappa shape index (κ1) is 24.7. The van der Waals surface area contributed by atoms with Crippen molar-refractivity contribution in [2.24, 2.45) is 5.73 Å². The van der Waals surface area contributed by atoms with Crippen LogP contribution in [0.5, 0.6) is 0 Å². The maximum atomic E-state index is 14.0. The summed E-state index contributed by atoms with van der Waals surface area (Å²) in [4.78, 5) is 40.7. The van der Waals surface area contributed by atoms with Crippen molar-refractivity contribution in [3.05, 3.63) is 99.9 Å². The summed E-state index contributed by atoms with van der Waals surface area (Å²) in [6, 6.07) is 17.0. The minimum absolute atomic E-state index is 0.00353. The van der Waals surface area contributed by atoms with E-state index in [-0.39, 0.29) is 28.6 Å². The molecule has 0 spiro atoms. The number of rotatable bonds is 8. The number of carbonyl (C=O) groups excluding carboxylic acids is 3. The smallest absolute Gasteiger partial charge is 0.273 e. The fourth-order valence-electron chi connectivity index (χ4n) is 3.88. The molecule has 3 amide bonds. The summed E-state index contributed by atoms with van der Waals surface area (Å²) in [7, 11) is 0. The number of benzene rings is 2. The Morgan fingerprint density at radius 2 is 1.83 bits per heavy atom. The Labute approximate surface area is 211 Å². The van der Waals surface area contributed by atoms with Gasteiger partial charge in [-0.25, -0.2) is 0 Å². The Morgan fingerprint density at radius 1 is 1.08 bits per heavy atom. The second kappa shape index (κ2) is 10.4. The van der Waals surface area contributed by atoms with Gasteiger partial charge in [0.05, 0.1) is 12.0 Å². The lowest BCUT2D eigenvalue weighted by atomic mass is 10.0. The second-order valence-corrected chi connectivity index (χ2v) is 9.00. The monoisotopic (exact) mass is 503 g/mol. The summed E-state index contributed by atoms with van der Waals surface area (Å²) in [5, 5.41) is 2.90. The molecule has 0 aliphatic heterocycles. The van der Waals surface area contributed by atoms with Gasteiger partial charge in [-0.2, -0.15) is 4.37 Å². The molecule has 0 fully saturated rings. The van der Waals surface area contributed by atoms with Crippen LogP contribution in [-0.2, 0) is 11.3 Å². The summed E-state index contributed by atoms with van der Waals surface area (Å²) >= 11 is 0.752. The van der Waals surface area contributed by atoms with Gasteiger partial charge in [-0.3, -0.25) is 19.3 Å². The Balaban J connectivity index is 1.81. The third-order valence-corrected chi connectivity index (χ3v) is 6.47. The number of anilines is 2. The van der Waals surface area contributed by atoms with Gasteiger partial charge in [0.15, 0.2) is 11.7 Å². The molecule has 2 aromatic heterocycles. The van der Waals surface area contributed by atoms with E-state index in [1.54, 1.807) is 18.2 Å². The maximum absolute atomic E-state index is 14.0. The normalized spacial score (nSPS) is 11.6. The van der Waals surface area contributed by atoms with Crippen molar-refractivity contribution in [3.8, 4) is 0 Å². The van der Waals surface area contributed by atoms with Crippen molar-refractivity contribution in [2.45, 2.75) is 26.4 Å². The predicted octanol–water partition coefficient (Wildman–Crippen LogP) is 3.74. The van der Waals surface area contributed by atoms with Crippen LogP contribution in [0.25, 0.3) is 0 Å². The lowest BCUT2D eigenvalue weighted by Gasteiger charge is -2.31. The summed E-state index contributed by atoms with van der Waals surface area (Å²) in [5.41, 5.74) is 14.2. The number of nitrogen functional groups attached to an aromatic ring is 1. The average Bonchev–Trinajstić information content (AvgIpc) is 3.52. The van der Waals surface area contributed by atoms with Gasteiger partial charge in [-0.05, 0) is 54.7 Å². The van der Waals surface area contributed by atoms with Crippen molar-refractivity contribution in [2.75, 3.05) is 10.6 Å². The van der Waals surface area contributed by atoms with E-state index in [0.29, 0.717) is 5.69 Å². The largest absolute Gasteiger partial charge is 0.467 e. The molecule has 0 aliphatic rings. The van der Waals surface area contributed by atoms with E-state index in [1.165, 1.54) is 11.2 Å². The lowest BCUT2D eigenvalue weighted by molar-refractivity contribution is -0.123. The van der Waals surface area contributed by atoms with Crippen molar-refractivity contribution in [1.82, 2.24) is 9.69 Å². The van der Waals surface area contributed by atoms with Gasteiger partial charge in [0, 0.05) is 12.2 Å². The molecule has 0 radical (unpaired) electrons. The fourth-order valence-corrected chi connectivity index (χ4v) is 4.62. The van der Waals surface area contributed by atoms with E-state index in [2.05, 4.69) is 9.69 Å². The molecule has 0 unspecified atom stereocenters. The molecule has 0 bridgehead atoms. The maximum Gasteiger partial charge on any atom is 0.273 e. The van der Waals surface area contributed by atoms with Gasteiger partial charge >= 0.3 is 0 Å². The first-order chi connectivity index (χ1) is 17.3. The van der Waals surface area contributed by atoms with Crippen LogP contribution in [0, 0.1) is 13.8 Å². The van der Waals surface area contributed by atoms with Gasteiger partial charge in [0.2, 0.25) is 0 Å². The second-order valence-electron chi connectivity index (χ2n) is 8.22. The van der Waals surface area contributed by atoms with E-state index in [1.807, 2.05) is 56.3 Å². The van der Waals surface area contributed by atoms with Gasteiger partial charge in [-0.1, -0.05) is 48.0 Å². The zero-order chi connectivity index (χ0) is 25.8. The van der Waals surface area contributed by atoms with Crippen LogP contribution in [0.2, 0.25) is 0 Å². The van der Waals surface area contributed by atoms with E-state index < -0.39 is 23.8 Å². The number of amides is 3. The van der Waals surface area contributed by atoms with E-state index >= 15 is 0 Å². The van der Waals surface area contributed by atoms with Crippen LogP contribution >= 0.6 is 11.5 Å². The Hall–Kier alpha value is -4.44. The number of nitrogens with two attached hydrogens (primary N) is 2. The molecule has 10 heteroatoms. The minimum atomic E-state index is -1.17. The van der Waals surface area contributed by atoms with Gasteiger partial charge in [0.1, 0.15) is 10.6 Å². The molecule has 1 atom stereocenters. The molecule has 9 nitrogen and oxygen atoms in total. The van der Waals surface area contributed by atoms with Crippen LogP contribution in [-0.4, -0.2) is 22.1 Å². The van der Waals surface area contributed by atoms with E-state index in [0.717, 1.165) is 28.2 Å². The van der Waals surface area contributed by atoms with Crippen LogP contribution in [0.3, 0.4) is 0 Å². The molecule has 2 heterocycles.